The maximum atomic E-state index is 12.2. The van der Waals surface area contributed by atoms with E-state index in [-0.39, 0.29) is 17.4 Å². The molecule has 2 rings (SSSR count). The molecule has 0 spiro atoms. The molecule has 0 saturated heterocycles. The van der Waals surface area contributed by atoms with Crippen molar-refractivity contribution in [2.45, 2.75) is 6.92 Å². The second-order valence-electron chi connectivity index (χ2n) is 4.71. The number of amides is 2. The van der Waals surface area contributed by atoms with Crippen molar-refractivity contribution in [2.24, 2.45) is 7.05 Å². The van der Waals surface area contributed by atoms with Crippen LogP contribution in [0.2, 0.25) is 0 Å². The Balaban J connectivity index is 2.25. The molecule has 0 radical (unpaired) electrons. The van der Waals surface area contributed by atoms with Crippen LogP contribution in [-0.4, -0.2) is 29.5 Å². The Kier molecular flexibility index (Phi) is 4.37. The standard InChI is InChI=1S/C15H17N3O3/c1-10(19)16-7-8-17-15(21)12-9-14(20)18(2)13-6-4-3-5-11(12)13/h3-6,9H,7-8H2,1-2H3,(H,16,19)(H,17,21). The number of hydrogen-bond acceptors (Lipinski definition) is 3. The lowest BCUT2D eigenvalue weighted by Gasteiger charge is -2.10. The Labute approximate surface area is 121 Å². The highest BCUT2D eigenvalue weighted by molar-refractivity contribution is 6.06. The number of fused-ring (bicyclic) bond motifs is 1. The Morgan fingerprint density at radius 3 is 2.52 bits per heavy atom. The van der Waals surface area contributed by atoms with Crippen LogP contribution in [0, 0.1) is 0 Å². The zero-order valence-corrected chi connectivity index (χ0v) is 12.0. The Morgan fingerprint density at radius 1 is 1.14 bits per heavy atom. The average molecular weight is 287 g/mol. The minimum atomic E-state index is -0.325. The molecular formula is C15H17N3O3. The van der Waals surface area contributed by atoms with Crippen molar-refractivity contribution in [1.29, 1.82) is 0 Å². The lowest BCUT2D eigenvalue weighted by atomic mass is 10.1. The van der Waals surface area contributed by atoms with Gasteiger partial charge in [0.25, 0.3) is 11.5 Å². The summed E-state index contributed by atoms with van der Waals surface area (Å²) >= 11 is 0. The van der Waals surface area contributed by atoms with Crippen molar-refractivity contribution in [3.63, 3.8) is 0 Å². The summed E-state index contributed by atoms with van der Waals surface area (Å²) in [6.45, 7) is 2.07. The molecule has 2 N–H and O–H groups in total. The van der Waals surface area contributed by atoms with E-state index >= 15 is 0 Å². The first-order chi connectivity index (χ1) is 10.0. The molecule has 21 heavy (non-hydrogen) atoms. The quantitative estimate of drug-likeness (QED) is 0.799. The zero-order chi connectivity index (χ0) is 15.4. The van der Waals surface area contributed by atoms with Gasteiger partial charge in [0, 0.05) is 38.5 Å². The summed E-state index contributed by atoms with van der Waals surface area (Å²) in [5.41, 5.74) is 0.814. The maximum absolute atomic E-state index is 12.2. The lowest BCUT2D eigenvalue weighted by Crippen LogP contribution is -2.34. The van der Waals surface area contributed by atoms with E-state index in [1.807, 2.05) is 12.1 Å². The number of rotatable bonds is 4. The zero-order valence-electron chi connectivity index (χ0n) is 12.0. The third-order valence-corrected chi connectivity index (χ3v) is 3.18. The van der Waals surface area contributed by atoms with Gasteiger partial charge < -0.3 is 15.2 Å². The highest BCUT2D eigenvalue weighted by Crippen LogP contribution is 2.15. The topological polar surface area (TPSA) is 80.2 Å². The van der Waals surface area contributed by atoms with Crippen LogP contribution in [-0.2, 0) is 11.8 Å². The van der Waals surface area contributed by atoms with Crippen LogP contribution in [0.15, 0.2) is 35.1 Å². The first-order valence-corrected chi connectivity index (χ1v) is 6.62. The molecule has 6 nitrogen and oxygen atoms in total. The SMILES string of the molecule is CC(=O)NCCNC(=O)c1cc(=O)n(C)c2ccccc12. The van der Waals surface area contributed by atoms with Gasteiger partial charge in [-0.05, 0) is 6.07 Å². The fourth-order valence-corrected chi connectivity index (χ4v) is 2.11. The molecule has 0 saturated carbocycles. The Morgan fingerprint density at radius 2 is 1.81 bits per heavy atom. The monoisotopic (exact) mass is 287 g/mol. The molecule has 110 valence electrons. The van der Waals surface area contributed by atoms with E-state index < -0.39 is 0 Å². The summed E-state index contributed by atoms with van der Waals surface area (Å²) < 4.78 is 1.50. The largest absolute Gasteiger partial charge is 0.355 e. The number of carbonyl (C=O) groups is 2. The minimum Gasteiger partial charge on any atom is -0.355 e. The number of nitrogens with one attached hydrogen (secondary N) is 2. The molecule has 2 amide bonds. The molecule has 0 unspecified atom stereocenters. The third kappa shape index (κ3) is 3.28. The fourth-order valence-electron chi connectivity index (χ4n) is 2.11. The van der Waals surface area contributed by atoms with Crippen LogP contribution in [0.4, 0.5) is 0 Å². The number of benzene rings is 1. The van der Waals surface area contributed by atoms with Crippen molar-refractivity contribution >= 4 is 22.7 Å². The molecule has 0 bridgehead atoms. The fraction of sp³-hybridized carbons (Fsp3) is 0.267. The number of carbonyl (C=O) groups excluding carboxylic acids is 2. The molecule has 1 aromatic heterocycles. The summed E-state index contributed by atoms with van der Waals surface area (Å²) in [7, 11) is 1.67. The molecular weight excluding hydrogens is 270 g/mol. The second kappa shape index (κ2) is 6.21. The maximum Gasteiger partial charge on any atom is 0.252 e. The van der Waals surface area contributed by atoms with Gasteiger partial charge in [0.2, 0.25) is 5.91 Å². The predicted octanol–water partition coefficient (Wildman–Crippen LogP) is 0.404. The number of aryl methyl sites for hydroxylation is 1. The van der Waals surface area contributed by atoms with Gasteiger partial charge in [-0.3, -0.25) is 14.4 Å². The van der Waals surface area contributed by atoms with E-state index in [1.54, 1.807) is 19.2 Å². The average Bonchev–Trinajstić information content (AvgIpc) is 2.47. The second-order valence-corrected chi connectivity index (χ2v) is 4.71. The van der Waals surface area contributed by atoms with Crippen LogP contribution in [0.25, 0.3) is 10.9 Å². The number of hydrogen-bond donors (Lipinski definition) is 2. The van der Waals surface area contributed by atoms with Gasteiger partial charge in [0.15, 0.2) is 0 Å². The van der Waals surface area contributed by atoms with Crippen molar-refractivity contribution < 1.29 is 9.59 Å². The van der Waals surface area contributed by atoms with Gasteiger partial charge in [-0.25, -0.2) is 0 Å². The Hall–Kier alpha value is -2.63. The molecule has 1 aromatic carbocycles. The number of nitrogens with zero attached hydrogens (tertiary/aromatic N) is 1. The van der Waals surface area contributed by atoms with E-state index in [0.29, 0.717) is 24.2 Å². The molecule has 0 aliphatic heterocycles. The summed E-state index contributed by atoms with van der Waals surface area (Å²) in [5, 5.41) is 6.00. The van der Waals surface area contributed by atoms with Gasteiger partial charge in [0.05, 0.1) is 11.1 Å². The summed E-state index contributed by atoms with van der Waals surface area (Å²) in [6.07, 6.45) is 0. The van der Waals surface area contributed by atoms with Gasteiger partial charge in [-0.15, -0.1) is 0 Å². The van der Waals surface area contributed by atoms with Crippen molar-refractivity contribution in [3.05, 3.63) is 46.2 Å². The van der Waals surface area contributed by atoms with E-state index in [9.17, 15) is 14.4 Å². The van der Waals surface area contributed by atoms with Crippen LogP contribution in [0.5, 0.6) is 0 Å². The lowest BCUT2D eigenvalue weighted by molar-refractivity contribution is -0.118. The predicted molar refractivity (Wildman–Crippen MR) is 80.2 cm³/mol. The van der Waals surface area contributed by atoms with Gasteiger partial charge in [-0.2, -0.15) is 0 Å². The van der Waals surface area contributed by atoms with Gasteiger partial charge in [-0.1, -0.05) is 18.2 Å². The van der Waals surface area contributed by atoms with Crippen LogP contribution >= 0.6 is 0 Å². The Bertz CT molecular complexity index is 749. The molecule has 0 aliphatic rings. The van der Waals surface area contributed by atoms with Crippen molar-refractivity contribution in [2.75, 3.05) is 13.1 Å². The number of aromatic nitrogens is 1. The first-order valence-electron chi connectivity index (χ1n) is 6.62. The highest BCUT2D eigenvalue weighted by Gasteiger charge is 2.12. The van der Waals surface area contributed by atoms with E-state index in [1.165, 1.54) is 17.6 Å². The van der Waals surface area contributed by atoms with Gasteiger partial charge >= 0.3 is 0 Å². The third-order valence-electron chi connectivity index (χ3n) is 3.18. The smallest absolute Gasteiger partial charge is 0.252 e. The normalized spacial score (nSPS) is 10.4. The summed E-state index contributed by atoms with van der Waals surface area (Å²) in [6, 6.07) is 8.57. The number of para-hydroxylation sites is 1. The van der Waals surface area contributed by atoms with E-state index in [4.69, 9.17) is 0 Å². The minimum absolute atomic E-state index is 0.150. The molecule has 0 fully saturated rings. The van der Waals surface area contributed by atoms with Crippen LogP contribution in [0.3, 0.4) is 0 Å². The molecule has 1 heterocycles. The van der Waals surface area contributed by atoms with Crippen molar-refractivity contribution in [1.82, 2.24) is 15.2 Å². The van der Waals surface area contributed by atoms with E-state index in [2.05, 4.69) is 10.6 Å². The molecule has 0 aliphatic carbocycles. The summed E-state index contributed by atoms with van der Waals surface area (Å²) in [4.78, 5) is 34.8. The van der Waals surface area contributed by atoms with Crippen LogP contribution in [0.1, 0.15) is 17.3 Å². The highest BCUT2D eigenvalue weighted by atomic mass is 16.2. The van der Waals surface area contributed by atoms with Crippen molar-refractivity contribution in [3.8, 4) is 0 Å². The summed E-state index contributed by atoms with van der Waals surface area (Å²) in [5.74, 6) is -0.475. The molecule has 2 aromatic rings. The van der Waals surface area contributed by atoms with Crippen LogP contribution < -0.4 is 16.2 Å². The molecule has 0 atom stereocenters. The number of pyridine rings is 1. The first kappa shape index (κ1) is 14.8. The molecule has 6 heteroatoms. The van der Waals surface area contributed by atoms with Gasteiger partial charge in [0.1, 0.15) is 0 Å². The van der Waals surface area contributed by atoms with E-state index in [0.717, 1.165) is 5.39 Å².